The Morgan fingerprint density at radius 3 is 2.75 bits per heavy atom. The summed E-state index contributed by atoms with van der Waals surface area (Å²) in [5.74, 6) is 0.127. The highest BCUT2D eigenvalue weighted by Gasteiger charge is 2.16. The molecule has 0 aliphatic carbocycles. The van der Waals surface area contributed by atoms with Crippen LogP contribution in [0.2, 0.25) is 0 Å². The lowest BCUT2D eigenvalue weighted by Crippen LogP contribution is -2.13. The van der Waals surface area contributed by atoms with E-state index in [1.807, 2.05) is 11.4 Å². The molecular formula is C7H5Br3OS. The first kappa shape index (κ1) is 10.9. The van der Waals surface area contributed by atoms with Gasteiger partial charge in [0.1, 0.15) is 0 Å². The normalized spacial score (nSPS) is 12.9. The molecule has 66 valence electrons. The van der Waals surface area contributed by atoms with Crippen molar-refractivity contribution in [3.63, 3.8) is 0 Å². The Kier molecular flexibility index (Phi) is 4.43. The molecule has 0 saturated carbocycles. The van der Waals surface area contributed by atoms with Gasteiger partial charge in [-0.25, -0.2) is 0 Å². The van der Waals surface area contributed by atoms with Gasteiger partial charge in [0.05, 0.1) is 9.70 Å². The summed E-state index contributed by atoms with van der Waals surface area (Å²) in [6.45, 7) is 0. The number of carbonyl (C=O) groups is 1. The van der Waals surface area contributed by atoms with Gasteiger partial charge in [-0.15, -0.1) is 11.3 Å². The molecule has 0 aliphatic rings. The number of hydrogen-bond donors (Lipinski definition) is 0. The van der Waals surface area contributed by atoms with Crippen LogP contribution >= 0.6 is 59.1 Å². The molecule has 12 heavy (non-hydrogen) atoms. The molecule has 1 heterocycles. The number of thiophene rings is 1. The van der Waals surface area contributed by atoms with Crippen molar-refractivity contribution in [2.24, 2.45) is 0 Å². The fourth-order valence-electron chi connectivity index (χ4n) is 0.667. The summed E-state index contributed by atoms with van der Waals surface area (Å²) in [5.41, 5.74) is 0. The molecule has 1 nitrogen and oxygen atoms in total. The van der Waals surface area contributed by atoms with Crippen molar-refractivity contribution < 1.29 is 4.79 Å². The van der Waals surface area contributed by atoms with Crippen molar-refractivity contribution in [2.45, 2.75) is 4.83 Å². The van der Waals surface area contributed by atoms with Crippen LogP contribution in [0.4, 0.5) is 0 Å². The highest BCUT2D eigenvalue weighted by atomic mass is 79.9. The molecule has 5 heteroatoms. The van der Waals surface area contributed by atoms with Crippen molar-refractivity contribution in [3.8, 4) is 0 Å². The van der Waals surface area contributed by atoms with Gasteiger partial charge in [-0.1, -0.05) is 31.9 Å². The third-order valence-electron chi connectivity index (χ3n) is 1.23. The van der Waals surface area contributed by atoms with Crippen LogP contribution in [-0.4, -0.2) is 15.9 Å². The number of hydrogen-bond acceptors (Lipinski definition) is 2. The van der Waals surface area contributed by atoms with Crippen molar-refractivity contribution in [1.29, 1.82) is 0 Å². The standard InChI is InChI=1S/C7H5Br3OS/c8-2-5(10)7(11)6-1-4(9)3-12-6/h1,3,5H,2H2. The van der Waals surface area contributed by atoms with E-state index in [9.17, 15) is 4.79 Å². The van der Waals surface area contributed by atoms with E-state index in [2.05, 4.69) is 47.8 Å². The molecule has 0 bridgehead atoms. The van der Waals surface area contributed by atoms with Gasteiger partial charge in [0.15, 0.2) is 5.78 Å². The molecule has 0 spiro atoms. The van der Waals surface area contributed by atoms with E-state index in [0.717, 1.165) is 9.35 Å². The van der Waals surface area contributed by atoms with E-state index in [4.69, 9.17) is 0 Å². The van der Waals surface area contributed by atoms with Gasteiger partial charge < -0.3 is 0 Å². The second-order valence-electron chi connectivity index (χ2n) is 2.12. The maximum absolute atomic E-state index is 11.5. The highest BCUT2D eigenvalue weighted by Crippen LogP contribution is 2.23. The molecule has 1 unspecified atom stereocenters. The minimum atomic E-state index is -0.122. The Morgan fingerprint density at radius 2 is 2.33 bits per heavy atom. The monoisotopic (exact) mass is 374 g/mol. The first-order valence-electron chi connectivity index (χ1n) is 3.13. The van der Waals surface area contributed by atoms with Crippen LogP contribution in [0.1, 0.15) is 9.67 Å². The lowest BCUT2D eigenvalue weighted by atomic mass is 10.3. The van der Waals surface area contributed by atoms with E-state index in [1.54, 1.807) is 0 Å². The molecule has 1 aromatic rings. The Bertz CT molecular complexity index is 284. The van der Waals surface area contributed by atoms with Gasteiger partial charge in [0, 0.05) is 15.2 Å². The number of alkyl halides is 2. The van der Waals surface area contributed by atoms with E-state index in [1.165, 1.54) is 11.3 Å². The molecule has 0 aliphatic heterocycles. The maximum atomic E-state index is 11.5. The summed E-state index contributed by atoms with van der Waals surface area (Å²) >= 11 is 11.3. The molecule has 0 N–H and O–H groups in total. The first-order chi connectivity index (χ1) is 5.65. The number of rotatable bonds is 3. The molecule has 0 fully saturated rings. The first-order valence-corrected chi connectivity index (χ1v) is 6.84. The van der Waals surface area contributed by atoms with E-state index in [0.29, 0.717) is 5.33 Å². The van der Waals surface area contributed by atoms with E-state index >= 15 is 0 Å². The maximum Gasteiger partial charge on any atom is 0.187 e. The van der Waals surface area contributed by atoms with E-state index < -0.39 is 0 Å². The number of carbonyl (C=O) groups excluding carboxylic acids is 1. The van der Waals surface area contributed by atoms with Gasteiger partial charge in [-0.2, -0.15) is 0 Å². The fourth-order valence-corrected chi connectivity index (χ4v) is 2.78. The number of halogens is 3. The van der Waals surface area contributed by atoms with Crippen LogP contribution in [0.25, 0.3) is 0 Å². The average molecular weight is 377 g/mol. The quantitative estimate of drug-likeness (QED) is 0.578. The molecule has 0 aromatic carbocycles. The summed E-state index contributed by atoms with van der Waals surface area (Å²) in [4.78, 5) is 12.2. The van der Waals surface area contributed by atoms with Crippen LogP contribution in [0.15, 0.2) is 15.9 Å². The minimum Gasteiger partial charge on any atom is -0.292 e. The Hall–Kier alpha value is 0.810. The molecule has 0 saturated heterocycles. The zero-order valence-corrected chi connectivity index (χ0v) is 11.5. The summed E-state index contributed by atoms with van der Waals surface area (Å²) in [5, 5.41) is 2.54. The van der Waals surface area contributed by atoms with Crippen LogP contribution < -0.4 is 0 Å². The van der Waals surface area contributed by atoms with E-state index in [-0.39, 0.29) is 10.6 Å². The summed E-state index contributed by atoms with van der Waals surface area (Å²) in [6, 6.07) is 1.84. The lowest BCUT2D eigenvalue weighted by molar-refractivity contribution is 0.100. The van der Waals surface area contributed by atoms with Gasteiger partial charge >= 0.3 is 0 Å². The molecular weight excluding hydrogens is 372 g/mol. The predicted molar refractivity (Wildman–Crippen MR) is 62.9 cm³/mol. The lowest BCUT2D eigenvalue weighted by Gasteiger charge is -2.00. The fraction of sp³-hybridized carbons (Fsp3) is 0.286. The number of ketones is 1. The molecule has 1 atom stereocenters. The number of Topliss-reactive ketones (excluding diaryl/α,β-unsaturated/α-hetero) is 1. The minimum absolute atomic E-state index is 0.122. The van der Waals surface area contributed by atoms with Crippen LogP contribution in [-0.2, 0) is 0 Å². The van der Waals surface area contributed by atoms with Gasteiger partial charge in [-0.05, 0) is 22.0 Å². The highest BCUT2D eigenvalue weighted by molar-refractivity contribution is 9.12. The predicted octanol–water partition coefficient (Wildman–Crippen LogP) is 3.85. The summed E-state index contributed by atoms with van der Waals surface area (Å²) in [6.07, 6.45) is 0. The van der Waals surface area contributed by atoms with Gasteiger partial charge in [0.25, 0.3) is 0 Å². The molecule has 0 radical (unpaired) electrons. The van der Waals surface area contributed by atoms with Crippen molar-refractivity contribution in [2.75, 3.05) is 5.33 Å². The van der Waals surface area contributed by atoms with Crippen LogP contribution in [0.5, 0.6) is 0 Å². The van der Waals surface area contributed by atoms with Gasteiger partial charge in [-0.3, -0.25) is 4.79 Å². The smallest absolute Gasteiger partial charge is 0.187 e. The topological polar surface area (TPSA) is 17.1 Å². The third kappa shape index (κ3) is 2.65. The van der Waals surface area contributed by atoms with Crippen molar-refractivity contribution in [3.05, 3.63) is 20.8 Å². The second-order valence-corrected chi connectivity index (χ2v) is 5.69. The largest absolute Gasteiger partial charge is 0.292 e. The summed E-state index contributed by atoms with van der Waals surface area (Å²) < 4.78 is 0.963. The SMILES string of the molecule is O=C(c1cc(Br)cs1)C(Br)CBr. The zero-order chi connectivity index (χ0) is 9.14. The Labute approximate surface area is 99.9 Å². The van der Waals surface area contributed by atoms with Crippen LogP contribution in [0, 0.1) is 0 Å². The Balaban J connectivity index is 2.78. The van der Waals surface area contributed by atoms with Crippen molar-refractivity contribution >= 4 is 64.9 Å². The van der Waals surface area contributed by atoms with Gasteiger partial charge in [0.2, 0.25) is 0 Å². The second kappa shape index (κ2) is 4.88. The average Bonchev–Trinajstić information content (AvgIpc) is 2.49. The molecule has 0 amide bonds. The zero-order valence-electron chi connectivity index (χ0n) is 5.89. The Morgan fingerprint density at radius 1 is 1.67 bits per heavy atom. The van der Waals surface area contributed by atoms with Crippen LogP contribution in [0.3, 0.4) is 0 Å². The summed E-state index contributed by atoms with van der Waals surface area (Å²) in [7, 11) is 0. The molecule has 1 aromatic heterocycles. The third-order valence-corrected chi connectivity index (χ3v) is 5.19. The van der Waals surface area contributed by atoms with Crippen molar-refractivity contribution in [1.82, 2.24) is 0 Å². The molecule has 1 rings (SSSR count).